The summed E-state index contributed by atoms with van der Waals surface area (Å²) in [4.78, 5) is 0. The summed E-state index contributed by atoms with van der Waals surface area (Å²) in [5.41, 5.74) is 2.50. The van der Waals surface area contributed by atoms with Crippen LogP contribution in [0, 0.1) is 0 Å². The van der Waals surface area contributed by atoms with E-state index < -0.39 is 0 Å². The Bertz CT molecular complexity index is 421. The van der Waals surface area contributed by atoms with Gasteiger partial charge in [0.1, 0.15) is 5.10 Å². The molecule has 0 unspecified atom stereocenters. The summed E-state index contributed by atoms with van der Waals surface area (Å²) in [5, 5.41) is 13.4. The zero-order chi connectivity index (χ0) is 11.9. The molecular formula is C12H18N5+. The van der Waals surface area contributed by atoms with E-state index in [0.717, 1.165) is 12.1 Å². The Labute approximate surface area is 101 Å². The third-order valence-electron chi connectivity index (χ3n) is 2.65. The van der Waals surface area contributed by atoms with Gasteiger partial charge in [0, 0.05) is 5.69 Å². The van der Waals surface area contributed by atoms with Gasteiger partial charge < -0.3 is 5.32 Å². The molecule has 0 saturated carbocycles. The molecule has 17 heavy (non-hydrogen) atoms. The molecule has 0 aliphatic carbocycles. The van der Waals surface area contributed by atoms with Gasteiger partial charge in [-0.2, -0.15) is 0 Å². The van der Waals surface area contributed by atoms with E-state index in [2.05, 4.69) is 52.0 Å². The van der Waals surface area contributed by atoms with E-state index >= 15 is 0 Å². The molecule has 2 aromatic rings. The minimum atomic E-state index is 0.640. The quantitative estimate of drug-likeness (QED) is 0.742. The second-order valence-corrected chi connectivity index (χ2v) is 4.04. The van der Waals surface area contributed by atoms with Crippen LogP contribution < -0.4 is 10.00 Å². The van der Waals surface area contributed by atoms with Crippen LogP contribution in [0.15, 0.2) is 30.6 Å². The number of hydrogen-bond acceptors (Lipinski definition) is 3. The molecule has 0 atom stereocenters. The topological polar surface area (TPSA) is 57.5 Å². The maximum Gasteiger partial charge on any atom is 0.290 e. The molecule has 0 radical (unpaired) electrons. The van der Waals surface area contributed by atoms with Crippen LogP contribution in [0.5, 0.6) is 0 Å². The van der Waals surface area contributed by atoms with E-state index in [1.165, 1.54) is 18.4 Å². The summed E-state index contributed by atoms with van der Waals surface area (Å²) in [6, 6.07) is 8.56. The van der Waals surface area contributed by atoms with Gasteiger partial charge in [-0.1, -0.05) is 30.7 Å². The normalized spacial score (nSPS) is 10.4. The molecule has 90 valence electrons. The third kappa shape index (κ3) is 3.55. The number of unbranched alkanes of at least 4 members (excludes halogenated alkanes) is 1. The predicted octanol–water partition coefficient (Wildman–Crippen LogP) is 1.50. The van der Waals surface area contributed by atoms with Crippen molar-refractivity contribution in [1.82, 2.24) is 15.5 Å². The van der Waals surface area contributed by atoms with E-state index in [1.807, 2.05) is 0 Å². The van der Waals surface area contributed by atoms with Crippen LogP contribution in [0.4, 0.5) is 5.69 Å². The fourth-order valence-electron chi connectivity index (χ4n) is 1.62. The van der Waals surface area contributed by atoms with Gasteiger partial charge in [-0.3, -0.25) is 0 Å². The Balaban J connectivity index is 1.85. The number of rotatable bonds is 6. The van der Waals surface area contributed by atoms with Gasteiger partial charge in [0.25, 0.3) is 6.33 Å². The number of hydrogen-bond donors (Lipinski definition) is 2. The monoisotopic (exact) mass is 232 g/mol. The van der Waals surface area contributed by atoms with Gasteiger partial charge in [0.15, 0.2) is 11.9 Å². The van der Waals surface area contributed by atoms with Crippen LogP contribution in [-0.4, -0.2) is 15.5 Å². The molecule has 0 bridgehead atoms. The Morgan fingerprint density at radius 2 is 2.12 bits per heavy atom. The largest absolute Gasteiger partial charge is 0.354 e. The van der Waals surface area contributed by atoms with Crippen LogP contribution in [0.1, 0.15) is 25.3 Å². The van der Waals surface area contributed by atoms with Crippen LogP contribution in [0.3, 0.4) is 0 Å². The van der Waals surface area contributed by atoms with Gasteiger partial charge in [-0.15, -0.1) is 4.68 Å². The molecule has 0 amide bonds. The Morgan fingerprint density at radius 1 is 1.29 bits per heavy atom. The number of aryl methyl sites for hydroxylation is 1. The number of aromatic nitrogens is 4. The van der Waals surface area contributed by atoms with E-state index in [0.29, 0.717) is 6.67 Å². The molecular weight excluding hydrogens is 214 g/mol. The highest BCUT2D eigenvalue weighted by Crippen LogP contribution is 2.11. The Morgan fingerprint density at radius 3 is 2.76 bits per heavy atom. The van der Waals surface area contributed by atoms with Crippen molar-refractivity contribution in [2.45, 2.75) is 32.9 Å². The van der Waals surface area contributed by atoms with Gasteiger partial charge in [-0.25, -0.2) is 0 Å². The van der Waals surface area contributed by atoms with Gasteiger partial charge in [-0.05, 0) is 30.5 Å². The fourth-order valence-corrected chi connectivity index (χ4v) is 1.62. The number of nitrogens with one attached hydrogen (secondary N) is 2. The highest BCUT2D eigenvalue weighted by Gasteiger charge is 1.98. The summed E-state index contributed by atoms with van der Waals surface area (Å²) in [7, 11) is 0. The lowest BCUT2D eigenvalue weighted by molar-refractivity contribution is -0.749. The molecule has 2 rings (SSSR count). The molecule has 1 heterocycles. The second-order valence-electron chi connectivity index (χ2n) is 4.04. The molecule has 0 saturated heterocycles. The molecule has 2 N–H and O–H groups in total. The molecule has 0 aliphatic heterocycles. The first kappa shape index (κ1) is 11.6. The lowest BCUT2D eigenvalue weighted by Gasteiger charge is -2.05. The highest BCUT2D eigenvalue weighted by molar-refractivity contribution is 5.43. The zero-order valence-electron chi connectivity index (χ0n) is 10.1. The van der Waals surface area contributed by atoms with Crippen molar-refractivity contribution in [1.29, 1.82) is 0 Å². The standard InChI is InChI=1S/C12H17N5/c1-2-3-4-11-5-7-12(8-6-11)13-9-17-10-14-15-16-17/h5-8,10,13H,2-4,9H2,1H3/p+1. The number of H-pyrrole nitrogens is 1. The van der Waals surface area contributed by atoms with E-state index in [9.17, 15) is 0 Å². The molecule has 0 fully saturated rings. The molecule has 0 aliphatic rings. The number of aromatic amines is 1. The van der Waals surface area contributed by atoms with Crippen molar-refractivity contribution in [3.63, 3.8) is 0 Å². The summed E-state index contributed by atoms with van der Waals surface area (Å²) in [5.74, 6) is 0. The summed E-state index contributed by atoms with van der Waals surface area (Å²) in [6.07, 6.45) is 5.30. The number of tetrazole rings is 1. The number of benzene rings is 1. The summed E-state index contributed by atoms with van der Waals surface area (Å²) in [6.45, 7) is 2.85. The van der Waals surface area contributed by atoms with E-state index in [1.54, 1.807) is 11.0 Å². The average Bonchev–Trinajstić information content (AvgIpc) is 2.88. The minimum Gasteiger partial charge on any atom is -0.354 e. The van der Waals surface area contributed by atoms with Crippen molar-refractivity contribution in [3.8, 4) is 0 Å². The molecule has 5 nitrogen and oxygen atoms in total. The van der Waals surface area contributed by atoms with Crippen molar-refractivity contribution in [3.05, 3.63) is 36.2 Å². The van der Waals surface area contributed by atoms with Gasteiger partial charge >= 0.3 is 0 Å². The molecule has 5 heteroatoms. The van der Waals surface area contributed by atoms with Crippen molar-refractivity contribution >= 4 is 5.69 Å². The molecule has 0 spiro atoms. The van der Waals surface area contributed by atoms with Gasteiger partial charge in [0.2, 0.25) is 0 Å². The smallest absolute Gasteiger partial charge is 0.290 e. The minimum absolute atomic E-state index is 0.640. The zero-order valence-corrected chi connectivity index (χ0v) is 10.1. The van der Waals surface area contributed by atoms with E-state index in [-0.39, 0.29) is 0 Å². The van der Waals surface area contributed by atoms with Crippen LogP contribution in [0.25, 0.3) is 0 Å². The Hall–Kier alpha value is -1.91. The second kappa shape index (κ2) is 5.98. The van der Waals surface area contributed by atoms with Crippen LogP contribution >= 0.6 is 0 Å². The lowest BCUT2D eigenvalue weighted by atomic mass is 10.1. The molecule has 1 aromatic carbocycles. The first-order valence-corrected chi connectivity index (χ1v) is 5.97. The van der Waals surface area contributed by atoms with Crippen molar-refractivity contribution in [2.24, 2.45) is 0 Å². The maximum atomic E-state index is 3.70. The maximum absolute atomic E-state index is 3.70. The number of anilines is 1. The first-order chi connectivity index (χ1) is 8.38. The first-order valence-electron chi connectivity index (χ1n) is 5.97. The predicted molar refractivity (Wildman–Crippen MR) is 65.3 cm³/mol. The summed E-state index contributed by atoms with van der Waals surface area (Å²) < 4.78 is 1.77. The van der Waals surface area contributed by atoms with Gasteiger partial charge in [0.05, 0.1) is 0 Å². The van der Waals surface area contributed by atoms with Crippen LogP contribution in [0.2, 0.25) is 0 Å². The Kier molecular flexibility index (Phi) is 4.07. The van der Waals surface area contributed by atoms with Crippen molar-refractivity contribution in [2.75, 3.05) is 5.32 Å². The number of nitrogens with zero attached hydrogens (tertiary/aromatic N) is 3. The average molecular weight is 232 g/mol. The molecule has 1 aromatic heterocycles. The fraction of sp³-hybridized carbons (Fsp3) is 0.417. The summed E-state index contributed by atoms with van der Waals surface area (Å²) >= 11 is 0. The van der Waals surface area contributed by atoms with E-state index in [4.69, 9.17) is 0 Å². The lowest BCUT2D eigenvalue weighted by Crippen LogP contribution is -2.39. The SMILES string of the molecule is CCCCc1ccc(NC[n+]2cnn[nH]2)cc1. The third-order valence-corrected chi connectivity index (χ3v) is 2.65. The highest BCUT2D eigenvalue weighted by atomic mass is 15.5. The van der Waals surface area contributed by atoms with Crippen molar-refractivity contribution < 1.29 is 4.68 Å². The van der Waals surface area contributed by atoms with Crippen LogP contribution in [-0.2, 0) is 13.1 Å².